The SMILES string of the molecule is CC1=C(CN(C)CCCN(C)Cc2occc(=O)c2N=O)OCCC1=O. The zero-order chi connectivity index (χ0) is 19.1. The van der Waals surface area contributed by atoms with Gasteiger partial charge in [-0.25, -0.2) is 0 Å². The van der Waals surface area contributed by atoms with Crippen LogP contribution in [0.25, 0.3) is 0 Å². The maximum absolute atomic E-state index is 11.7. The van der Waals surface area contributed by atoms with Gasteiger partial charge in [0.2, 0.25) is 5.43 Å². The van der Waals surface area contributed by atoms with E-state index in [9.17, 15) is 14.5 Å². The smallest absolute Gasteiger partial charge is 0.214 e. The maximum atomic E-state index is 11.7. The summed E-state index contributed by atoms with van der Waals surface area (Å²) in [4.78, 5) is 38.2. The van der Waals surface area contributed by atoms with Gasteiger partial charge in [0.05, 0.1) is 26.0 Å². The predicted octanol–water partition coefficient (Wildman–Crippen LogP) is 2.05. The van der Waals surface area contributed by atoms with Gasteiger partial charge < -0.3 is 9.15 Å². The molecule has 0 saturated heterocycles. The van der Waals surface area contributed by atoms with E-state index in [0.717, 1.165) is 25.3 Å². The van der Waals surface area contributed by atoms with Gasteiger partial charge in [-0.05, 0) is 45.7 Å². The van der Waals surface area contributed by atoms with Crippen LogP contribution in [0.15, 0.2) is 38.1 Å². The van der Waals surface area contributed by atoms with Crippen molar-refractivity contribution in [1.82, 2.24) is 9.80 Å². The van der Waals surface area contributed by atoms with Gasteiger partial charge in [0, 0.05) is 18.1 Å². The number of carbonyl (C=O) groups is 1. The molecule has 0 atom stereocenters. The Balaban J connectivity index is 1.79. The second kappa shape index (κ2) is 9.40. The molecule has 0 amide bonds. The van der Waals surface area contributed by atoms with Gasteiger partial charge >= 0.3 is 0 Å². The molecule has 0 radical (unpaired) electrons. The molecule has 2 heterocycles. The van der Waals surface area contributed by atoms with Crippen molar-refractivity contribution in [1.29, 1.82) is 0 Å². The monoisotopic (exact) mass is 363 g/mol. The van der Waals surface area contributed by atoms with Crippen LogP contribution in [0, 0.1) is 4.91 Å². The first-order chi connectivity index (χ1) is 12.4. The highest BCUT2D eigenvalue weighted by Crippen LogP contribution is 2.17. The summed E-state index contributed by atoms with van der Waals surface area (Å²) in [6.45, 7) is 4.77. The van der Waals surface area contributed by atoms with Gasteiger partial charge in [0.15, 0.2) is 17.2 Å². The number of hydrogen-bond donors (Lipinski definition) is 0. The van der Waals surface area contributed by atoms with Gasteiger partial charge in [-0.15, -0.1) is 4.91 Å². The molecule has 0 aliphatic carbocycles. The summed E-state index contributed by atoms with van der Waals surface area (Å²) in [5.74, 6) is 1.19. The highest BCUT2D eigenvalue weighted by molar-refractivity contribution is 5.95. The molecule has 0 saturated carbocycles. The number of likely N-dealkylation sites (N-methyl/N-ethyl adjacent to an activating group) is 1. The minimum atomic E-state index is -0.431. The standard InChI is InChI=1S/C18H25N3O5/c1-13-14(22)5-9-25-16(13)11-20(2)7-4-8-21(3)12-17-18(19-24)15(23)6-10-26-17/h6,10H,4-5,7-9,11-12H2,1-3H3. The fourth-order valence-corrected chi connectivity index (χ4v) is 2.80. The number of nitrogens with zero attached hydrogens (tertiary/aromatic N) is 3. The maximum Gasteiger partial charge on any atom is 0.214 e. The van der Waals surface area contributed by atoms with E-state index in [1.165, 1.54) is 12.3 Å². The number of ketones is 1. The summed E-state index contributed by atoms with van der Waals surface area (Å²) in [5.41, 5.74) is 0.117. The summed E-state index contributed by atoms with van der Waals surface area (Å²) in [6, 6.07) is 1.18. The molecular weight excluding hydrogens is 338 g/mol. The fraction of sp³-hybridized carbons (Fsp3) is 0.556. The molecule has 8 heteroatoms. The molecule has 0 fully saturated rings. The van der Waals surface area contributed by atoms with E-state index in [1.54, 1.807) is 0 Å². The number of allylic oxidation sites excluding steroid dienone is 1. The number of carbonyl (C=O) groups excluding carboxylic acids is 1. The largest absolute Gasteiger partial charge is 0.496 e. The highest BCUT2D eigenvalue weighted by atomic mass is 16.5. The fourth-order valence-electron chi connectivity index (χ4n) is 2.80. The van der Waals surface area contributed by atoms with Crippen molar-refractivity contribution < 1.29 is 13.9 Å². The van der Waals surface area contributed by atoms with Crippen LogP contribution in [0.1, 0.15) is 25.5 Å². The van der Waals surface area contributed by atoms with Crippen LogP contribution in [0.3, 0.4) is 0 Å². The van der Waals surface area contributed by atoms with Crippen LogP contribution in [0.5, 0.6) is 0 Å². The van der Waals surface area contributed by atoms with E-state index >= 15 is 0 Å². The quantitative estimate of drug-likeness (QED) is 0.620. The Morgan fingerprint density at radius 3 is 2.54 bits per heavy atom. The predicted molar refractivity (Wildman–Crippen MR) is 97.2 cm³/mol. The summed E-state index contributed by atoms with van der Waals surface area (Å²) in [6.07, 6.45) is 2.60. The van der Waals surface area contributed by atoms with Crippen LogP contribution in [-0.2, 0) is 16.1 Å². The highest BCUT2D eigenvalue weighted by Gasteiger charge is 2.19. The molecule has 0 unspecified atom stereocenters. The molecular formula is C18H25N3O5. The Bertz CT molecular complexity index is 741. The number of Topliss-reactive ketones (excluding diaryl/α,β-unsaturated/α-hetero) is 1. The van der Waals surface area contributed by atoms with Crippen molar-refractivity contribution in [2.45, 2.75) is 26.3 Å². The lowest BCUT2D eigenvalue weighted by Crippen LogP contribution is -2.29. The lowest BCUT2D eigenvalue weighted by atomic mass is 10.1. The average Bonchev–Trinajstić information content (AvgIpc) is 2.59. The summed E-state index contributed by atoms with van der Waals surface area (Å²) in [5, 5.41) is 2.77. The van der Waals surface area contributed by atoms with E-state index in [-0.39, 0.29) is 17.2 Å². The molecule has 1 aromatic heterocycles. The average molecular weight is 363 g/mol. The van der Waals surface area contributed by atoms with Crippen molar-refractivity contribution >= 4 is 11.5 Å². The first-order valence-electron chi connectivity index (χ1n) is 8.59. The molecule has 0 aromatic carbocycles. The Morgan fingerprint density at radius 1 is 1.15 bits per heavy atom. The third-order valence-electron chi connectivity index (χ3n) is 4.37. The van der Waals surface area contributed by atoms with Gasteiger partial charge in [0.25, 0.3) is 0 Å². The number of rotatable bonds is 9. The van der Waals surface area contributed by atoms with E-state index in [1.807, 2.05) is 25.9 Å². The van der Waals surface area contributed by atoms with Crippen LogP contribution in [0.4, 0.5) is 5.69 Å². The summed E-state index contributed by atoms with van der Waals surface area (Å²) >= 11 is 0. The van der Waals surface area contributed by atoms with E-state index in [0.29, 0.717) is 31.7 Å². The van der Waals surface area contributed by atoms with Gasteiger partial charge in [-0.2, -0.15) is 0 Å². The number of nitroso groups, excluding NO2 is 1. The van der Waals surface area contributed by atoms with Crippen molar-refractivity contribution in [3.63, 3.8) is 0 Å². The van der Waals surface area contributed by atoms with Crippen molar-refractivity contribution in [2.24, 2.45) is 5.18 Å². The first kappa shape index (κ1) is 20.0. The Hall–Kier alpha value is -2.32. The second-order valence-corrected chi connectivity index (χ2v) is 6.55. The Labute approximate surface area is 152 Å². The molecule has 142 valence electrons. The second-order valence-electron chi connectivity index (χ2n) is 6.55. The minimum absolute atomic E-state index is 0.156. The lowest BCUT2D eigenvalue weighted by Gasteiger charge is -2.24. The van der Waals surface area contributed by atoms with E-state index in [4.69, 9.17) is 9.15 Å². The van der Waals surface area contributed by atoms with Crippen LogP contribution in [-0.4, -0.2) is 55.9 Å². The first-order valence-corrected chi connectivity index (χ1v) is 8.59. The van der Waals surface area contributed by atoms with Crippen molar-refractivity contribution in [3.05, 3.63) is 44.6 Å². The van der Waals surface area contributed by atoms with Crippen LogP contribution >= 0.6 is 0 Å². The normalized spacial score (nSPS) is 14.9. The molecule has 1 aromatic rings. The van der Waals surface area contributed by atoms with E-state index < -0.39 is 5.43 Å². The lowest BCUT2D eigenvalue weighted by molar-refractivity contribution is -0.117. The molecule has 2 rings (SSSR count). The zero-order valence-electron chi connectivity index (χ0n) is 15.5. The zero-order valence-corrected chi connectivity index (χ0v) is 15.5. The molecule has 0 spiro atoms. The van der Waals surface area contributed by atoms with Crippen molar-refractivity contribution in [3.8, 4) is 0 Å². The molecule has 1 aliphatic rings. The molecule has 1 aliphatic heterocycles. The van der Waals surface area contributed by atoms with Crippen LogP contribution < -0.4 is 5.43 Å². The Morgan fingerprint density at radius 2 is 1.85 bits per heavy atom. The molecule has 0 N–H and O–H groups in total. The summed E-state index contributed by atoms with van der Waals surface area (Å²) < 4.78 is 10.8. The number of ether oxygens (including phenoxy) is 1. The molecule has 8 nitrogen and oxygen atoms in total. The minimum Gasteiger partial charge on any atom is -0.496 e. The Kier molecular flexibility index (Phi) is 7.23. The topological polar surface area (TPSA) is 92.4 Å². The summed E-state index contributed by atoms with van der Waals surface area (Å²) in [7, 11) is 3.87. The molecule has 26 heavy (non-hydrogen) atoms. The number of hydrogen-bond acceptors (Lipinski definition) is 8. The van der Waals surface area contributed by atoms with Crippen molar-refractivity contribution in [2.75, 3.05) is 40.3 Å². The third kappa shape index (κ3) is 5.34. The molecule has 0 bridgehead atoms. The van der Waals surface area contributed by atoms with Crippen LogP contribution in [0.2, 0.25) is 0 Å². The van der Waals surface area contributed by atoms with Gasteiger partial charge in [0.1, 0.15) is 5.76 Å². The third-order valence-corrected chi connectivity index (χ3v) is 4.37. The van der Waals surface area contributed by atoms with Gasteiger partial charge in [-0.3, -0.25) is 19.4 Å². The van der Waals surface area contributed by atoms with Gasteiger partial charge in [-0.1, -0.05) is 0 Å². The van der Waals surface area contributed by atoms with E-state index in [2.05, 4.69) is 10.1 Å².